The quantitative estimate of drug-likeness (QED) is 0.197. The Morgan fingerprint density at radius 3 is 1.67 bits per heavy atom. The number of carbonyl (C=O) groups excluding carboxylic acids is 2. The van der Waals surface area contributed by atoms with Crippen molar-refractivity contribution in [1.29, 1.82) is 0 Å². The zero-order valence-electron chi connectivity index (χ0n) is 22.5. The van der Waals surface area contributed by atoms with Crippen molar-refractivity contribution in [2.45, 2.75) is 52.2 Å². The summed E-state index contributed by atoms with van der Waals surface area (Å²) in [5.41, 5.74) is 1.24. The van der Waals surface area contributed by atoms with Gasteiger partial charge in [-0.25, -0.2) is 8.42 Å². The van der Waals surface area contributed by atoms with E-state index in [9.17, 15) is 18.0 Å². The molecule has 0 aliphatic rings. The topological polar surface area (TPSA) is 105 Å². The van der Waals surface area contributed by atoms with E-state index in [1.807, 2.05) is 26.0 Å². The number of benzene rings is 2. The van der Waals surface area contributed by atoms with Crippen LogP contribution >= 0.6 is 34.8 Å². The van der Waals surface area contributed by atoms with Crippen LogP contribution in [0.3, 0.4) is 0 Å². The fourth-order valence-corrected chi connectivity index (χ4v) is 5.23. The van der Waals surface area contributed by atoms with Gasteiger partial charge in [0, 0.05) is 25.0 Å². The Hall–Kier alpha value is -2.20. The van der Waals surface area contributed by atoms with Gasteiger partial charge in [0.2, 0.25) is 0 Å². The maximum Gasteiger partial charge on any atom is 0.303 e. The molecular weight excluding hydrogens is 591 g/mol. The number of carbonyl (C=O) groups is 2. The van der Waals surface area contributed by atoms with Gasteiger partial charge in [-0.15, -0.1) is 11.6 Å². The minimum atomic E-state index is -3.39. The van der Waals surface area contributed by atoms with Crippen molar-refractivity contribution in [2.75, 3.05) is 30.6 Å². The summed E-state index contributed by atoms with van der Waals surface area (Å²) in [6, 6.07) is 10.7. The summed E-state index contributed by atoms with van der Waals surface area (Å²) in [7, 11) is -3.39. The zero-order chi connectivity index (χ0) is 29.4. The Bertz CT molecular complexity index is 1260. The highest BCUT2D eigenvalue weighted by Gasteiger charge is 2.26. The summed E-state index contributed by atoms with van der Waals surface area (Å²) in [6.45, 7) is 7.93. The number of alkyl halides is 1. The van der Waals surface area contributed by atoms with Crippen LogP contribution < -0.4 is 9.47 Å². The van der Waals surface area contributed by atoms with Crippen molar-refractivity contribution in [3.63, 3.8) is 0 Å². The number of esters is 2. The molecule has 0 bridgehead atoms. The zero-order valence-corrected chi connectivity index (χ0v) is 25.5. The number of hydrogen-bond donors (Lipinski definition) is 0. The van der Waals surface area contributed by atoms with E-state index < -0.39 is 39.4 Å². The second kappa shape index (κ2) is 14.4. The van der Waals surface area contributed by atoms with Crippen LogP contribution in [0.1, 0.15) is 45.7 Å². The molecule has 216 valence electrons. The van der Waals surface area contributed by atoms with Crippen LogP contribution in [0.4, 0.5) is 0 Å². The van der Waals surface area contributed by atoms with Crippen molar-refractivity contribution in [2.24, 2.45) is 0 Å². The third-order valence-electron chi connectivity index (χ3n) is 5.87. The summed E-state index contributed by atoms with van der Waals surface area (Å²) in [5.74, 6) is -0.631. The Labute approximate surface area is 244 Å². The lowest BCUT2D eigenvalue weighted by molar-refractivity contribution is -0.147. The van der Waals surface area contributed by atoms with E-state index in [-0.39, 0.29) is 30.6 Å². The van der Waals surface area contributed by atoms with Crippen LogP contribution in [-0.2, 0) is 34.3 Å². The molecule has 12 heteroatoms. The van der Waals surface area contributed by atoms with E-state index in [0.717, 1.165) is 11.1 Å². The molecule has 0 amide bonds. The highest BCUT2D eigenvalue weighted by Crippen LogP contribution is 2.38. The van der Waals surface area contributed by atoms with Crippen molar-refractivity contribution in [3.8, 4) is 11.5 Å². The lowest BCUT2D eigenvalue weighted by Gasteiger charge is -2.27. The number of sulfone groups is 1. The van der Waals surface area contributed by atoms with Crippen LogP contribution in [0.25, 0.3) is 0 Å². The molecule has 0 aliphatic carbocycles. The molecule has 2 aromatic rings. The normalized spacial score (nSPS) is 13.3. The van der Waals surface area contributed by atoms with Crippen molar-refractivity contribution >= 4 is 56.6 Å². The van der Waals surface area contributed by atoms with Gasteiger partial charge in [0.05, 0.1) is 21.7 Å². The molecule has 0 aromatic heterocycles. The fourth-order valence-electron chi connectivity index (χ4n) is 3.64. The highest BCUT2D eigenvalue weighted by molar-refractivity contribution is 7.91. The minimum absolute atomic E-state index is 0.0608. The highest BCUT2D eigenvalue weighted by atomic mass is 35.5. The molecule has 0 saturated carbocycles. The van der Waals surface area contributed by atoms with Crippen molar-refractivity contribution in [3.05, 3.63) is 57.6 Å². The molecular formula is C27H33Cl3O8S. The predicted octanol–water partition coefficient (Wildman–Crippen LogP) is 5.61. The van der Waals surface area contributed by atoms with Gasteiger partial charge in [0.1, 0.15) is 36.9 Å². The number of halogens is 3. The summed E-state index contributed by atoms with van der Waals surface area (Å²) < 4.78 is 45.7. The minimum Gasteiger partial charge on any atom is -0.488 e. The smallest absolute Gasteiger partial charge is 0.303 e. The average molecular weight is 624 g/mol. The summed E-state index contributed by atoms with van der Waals surface area (Å²) >= 11 is 18.8. The van der Waals surface area contributed by atoms with E-state index in [1.54, 1.807) is 24.3 Å². The summed E-state index contributed by atoms with van der Waals surface area (Å²) in [6.07, 6.45) is -1.56. The molecule has 0 spiro atoms. The first-order chi connectivity index (χ1) is 18.2. The van der Waals surface area contributed by atoms with Gasteiger partial charge in [0.25, 0.3) is 0 Å². The van der Waals surface area contributed by atoms with Gasteiger partial charge < -0.3 is 18.9 Å². The maximum atomic E-state index is 12.0. The second-order valence-electron chi connectivity index (χ2n) is 9.35. The van der Waals surface area contributed by atoms with E-state index in [0.29, 0.717) is 21.5 Å². The molecule has 0 unspecified atom stereocenters. The molecule has 2 aromatic carbocycles. The van der Waals surface area contributed by atoms with Crippen molar-refractivity contribution < 1.29 is 37.0 Å². The number of rotatable bonds is 14. The molecule has 39 heavy (non-hydrogen) atoms. The van der Waals surface area contributed by atoms with Gasteiger partial charge >= 0.3 is 11.9 Å². The standard InChI is InChI=1S/C27H33Cl3O8S/c1-6-39(33,34)16-22(38-18(3)32)15-36-26-10-8-20(12-24(26)30)27(4,5)19-7-9-25(23(29)11-19)35-14-21(13-28)37-17(2)31/h7-12,21-22H,6,13-16H2,1-5H3/t21-,22+/m0/s1. The summed E-state index contributed by atoms with van der Waals surface area (Å²) in [5, 5.41) is 0.686. The monoisotopic (exact) mass is 622 g/mol. The van der Waals surface area contributed by atoms with Gasteiger partial charge in [-0.3, -0.25) is 9.59 Å². The van der Waals surface area contributed by atoms with Crippen molar-refractivity contribution in [1.82, 2.24) is 0 Å². The Morgan fingerprint density at radius 1 is 0.846 bits per heavy atom. The van der Waals surface area contributed by atoms with Gasteiger partial charge in [-0.1, -0.05) is 56.1 Å². The molecule has 0 fully saturated rings. The SMILES string of the molecule is CCS(=O)(=O)C[C@@H](COc1ccc(C(C)(C)c2ccc(OC[C@H](CCl)OC(C)=O)c(Cl)c2)cc1Cl)OC(C)=O. The Balaban J connectivity index is 2.16. The first-order valence-electron chi connectivity index (χ1n) is 12.1. The van der Waals surface area contributed by atoms with E-state index in [4.69, 9.17) is 53.8 Å². The molecule has 2 rings (SSSR count). The number of hydrogen-bond acceptors (Lipinski definition) is 8. The maximum absolute atomic E-state index is 12.0. The lowest BCUT2D eigenvalue weighted by atomic mass is 9.78. The lowest BCUT2D eigenvalue weighted by Crippen LogP contribution is -2.32. The predicted molar refractivity (Wildman–Crippen MR) is 152 cm³/mol. The Morgan fingerprint density at radius 2 is 1.28 bits per heavy atom. The van der Waals surface area contributed by atoms with Crippen LogP contribution in [0.2, 0.25) is 10.0 Å². The second-order valence-corrected chi connectivity index (χ2v) is 12.9. The molecule has 0 radical (unpaired) electrons. The van der Waals surface area contributed by atoms with Gasteiger partial charge in [0.15, 0.2) is 9.84 Å². The first kappa shape index (κ1) is 33.0. The molecule has 0 heterocycles. The molecule has 0 N–H and O–H groups in total. The van der Waals surface area contributed by atoms with Gasteiger partial charge in [-0.2, -0.15) is 0 Å². The average Bonchev–Trinajstić information content (AvgIpc) is 2.85. The van der Waals surface area contributed by atoms with Gasteiger partial charge in [-0.05, 0) is 35.4 Å². The van der Waals surface area contributed by atoms with E-state index >= 15 is 0 Å². The molecule has 0 aliphatic heterocycles. The van der Waals surface area contributed by atoms with Crippen LogP contribution in [0, 0.1) is 0 Å². The Kier molecular flexibility index (Phi) is 12.2. The van der Waals surface area contributed by atoms with E-state index in [1.165, 1.54) is 20.8 Å². The first-order valence-corrected chi connectivity index (χ1v) is 15.3. The molecule has 0 saturated heterocycles. The fraction of sp³-hybridized carbons (Fsp3) is 0.481. The molecule has 2 atom stereocenters. The summed E-state index contributed by atoms with van der Waals surface area (Å²) in [4.78, 5) is 22.6. The van der Waals surface area contributed by atoms with E-state index in [2.05, 4.69) is 0 Å². The van der Waals surface area contributed by atoms with Crippen LogP contribution in [0.15, 0.2) is 36.4 Å². The van der Waals surface area contributed by atoms with Crippen LogP contribution in [-0.4, -0.2) is 63.2 Å². The third kappa shape index (κ3) is 10.0. The number of ether oxygens (including phenoxy) is 4. The van der Waals surface area contributed by atoms with Crippen LogP contribution in [0.5, 0.6) is 11.5 Å². The largest absolute Gasteiger partial charge is 0.488 e. The molecule has 8 nitrogen and oxygen atoms in total. The third-order valence-corrected chi connectivity index (χ3v) is 8.57.